The molecule has 0 spiro atoms. The number of carbonyl (C=O) groups is 1. The van der Waals surface area contributed by atoms with Crippen LogP contribution in [0.4, 0.5) is 9.18 Å². The van der Waals surface area contributed by atoms with Gasteiger partial charge in [0, 0.05) is 11.8 Å². The Balaban J connectivity index is 1.29. The summed E-state index contributed by atoms with van der Waals surface area (Å²) in [6.45, 7) is 9.78. The van der Waals surface area contributed by atoms with Gasteiger partial charge in [-0.05, 0) is 84.3 Å². The zero-order valence-corrected chi connectivity index (χ0v) is 22.7. The topological polar surface area (TPSA) is 84.1 Å². The average Bonchev–Trinajstić information content (AvgIpc) is 3.51. The van der Waals surface area contributed by atoms with Crippen LogP contribution >= 0.6 is 0 Å². The van der Waals surface area contributed by atoms with E-state index < -0.39 is 17.5 Å². The van der Waals surface area contributed by atoms with Gasteiger partial charge in [-0.1, -0.05) is 42.5 Å². The Bertz CT molecular complexity index is 1650. The Morgan fingerprint density at radius 3 is 2.38 bits per heavy atom. The Morgan fingerprint density at radius 2 is 1.70 bits per heavy atom. The maximum atomic E-state index is 14.0. The highest BCUT2D eigenvalue weighted by atomic mass is 19.1. The molecule has 3 aromatic carbocycles. The summed E-state index contributed by atoms with van der Waals surface area (Å²) in [6, 6.07) is 22.1. The minimum absolute atomic E-state index is 0.106. The van der Waals surface area contributed by atoms with Crippen LogP contribution in [0.3, 0.4) is 0 Å². The van der Waals surface area contributed by atoms with Crippen LogP contribution in [0.15, 0.2) is 85.5 Å². The highest BCUT2D eigenvalue weighted by Gasteiger charge is 2.22. The number of benzene rings is 3. The fourth-order valence-electron chi connectivity index (χ4n) is 4.37. The smallest absolute Gasteiger partial charge is 0.419 e. The Kier molecular flexibility index (Phi) is 7.46. The molecule has 204 valence electrons. The molecular weight excluding hydrogens is 509 g/mol. The quantitative estimate of drug-likeness (QED) is 0.207. The second-order valence-corrected chi connectivity index (χ2v) is 10.4. The van der Waals surface area contributed by atoms with Gasteiger partial charge in [-0.2, -0.15) is 0 Å². The molecule has 2 heterocycles. The van der Waals surface area contributed by atoms with Crippen molar-refractivity contribution in [2.24, 2.45) is 0 Å². The monoisotopic (exact) mass is 539 g/mol. The minimum atomic E-state index is -0.699. The zero-order chi connectivity index (χ0) is 28.3. The number of rotatable bonds is 8. The van der Waals surface area contributed by atoms with E-state index in [1.54, 1.807) is 37.6 Å². The van der Waals surface area contributed by atoms with E-state index in [-0.39, 0.29) is 6.61 Å². The number of carbonyl (C=O) groups excluding carboxylic acids is 1. The predicted molar refractivity (Wildman–Crippen MR) is 151 cm³/mol. The molecule has 0 N–H and O–H groups in total. The van der Waals surface area contributed by atoms with Gasteiger partial charge < -0.3 is 9.47 Å². The van der Waals surface area contributed by atoms with Crippen molar-refractivity contribution in [1.29, 1.82) is 0 Å². The van der Waals surface area contributed by atoms with Crippen molar-refractivity contribution in [3.8, 4) is 16.9 Å². The van der Waals surface area contributed by atoms with Crippen LogP contribution in [-0.4, -0.2) is 36.5 Å². The summed E-state index contributed by atoms with van der Waals surface area (Å²) in [5.41, 5.74) is 3.50. The third kappa shape index (κ3) is 6.09. The van der Waals surface area contributed by atoms with E-state index in [9.17, 15) is 9.18 Å². The Labute approximate surface area is 231 Å². The number of hydrogen-bond donors (Lipinski definition) is 0. The summed E-state index contributed by atoms with van der Waals surface area (Å²) in [5.74, 6) is 0.992. The zero-order valence-electron chi connectivity index (χ0n) is 22.7. The van der Waals surface area contributed by atoms with E-state index in [1.165, 1.54) is 16.7 Å². The van der Waals surface area contributed by atoms with Crippen LogP contribution < -0.4 is 4.74 Å². The molecule has 0 radical (unpaired) electrons. The molecule has 0 aliphatic carbocycles. The van der Waals surface area contributed by atoms with Gasteiger partial charge in [0.25, 0.3) is 0 Å². The predicted octanol–water partition coefficient (Wildman–Crippen LogP) is 6.57. The van der Waals surface area contributed by atoms with E-state index in [0.717, 1.165) is 27.9 Å². The molecular formula is C31H30FN5O3. The lowest BCUT2D eigenvalue weighted by Crippen LogP contribution is -2.28. The fourth-order valence-corrected chi connectivity index (χ4v) is 4.37. The normalized spacial score (nSPS) is 11.5. The van der Waals surface area contributed by atoms with E-state index >= 15 is 0 Å². The van der Waals surface area contributed by atoms with E-state index in [2.05, 4.69) is 46.4 Å². The lowest BCUT2D eigenvalue weighted by Gasteiger charge is -2.21. The van der Waals surface area contributed by atoms with Gasteiger partial charge in [0.15, 0.2) is 5.82 Å². The van der Waals surface area contributed by atoms with Crippen molar-refractivity contribution in [2.75, 3.05) is 0 Å². The maximum Gasteiger partial charge on any atom is 0.419 e. The third-order valence-corrected chi connectivity index (χ3v) is 6.22. The largest absolute Gasteiger partial charge is 0.487 e. The van der Waals surface area contributed by atoms with Crippen molar-refractivity contribution in [1.82, 2.24) is 24.8 Å². The molecule has 0 amide bonds. The Hall–Kier alpha value is -4.79. The number of tetrazole rings is 1. The van der Waals surface area contributed by atoms with Gasteiger partial charge >= 0.3 is 6.09 Å². The lowest BCUT2D eigenvalue weighted by molar-refractivity contribution is 0.0535. The molecule has 40 heavy (non-hydrogen) atoms. The molecule has 8 nitrogen and oxygen atoms in total. The summed E-state index contributed by atoms with van der Waals surface area (Å²) in [7, 11) is 0. The number of nitrogens with zero attached hydrogens (tertiary/aromatic N) is 5. The van der Waals surface area contributed by atoms with E-state index in [1.807, 2.05) is 30.3 Å². The molecule has 0 saturated carbocycles. The molecule has 0 fully saturated rings. The molecule has 0 unspecified atom stereocenters. The number of halogens is 1. The van der Waals surface area contributed by atoms with E-state index in [0.29, 0.717) is 29.9 Å². The number of aromatic nitrogens is 5. The summed E-state index contributed by atoms with van der Waals surface area (Å²) >= 11 is 0. The van der Waals surface area contributed by atoms with Gasteiger partial charge in [-0.15, -0.1) is 11.7 Å². The summed E-state index contributed by atoms with van der Waals surface area (Å²) in [6.07, 6.45) is 1.81. The van der Waals surface area contributed by atoms with Gasteiger partial charge in [0.05, 0.1) is 17.8 Å². The summed E-state index contributed by atoms with van der Waals surface area (Å²) in [5, 5.41) is 12.6. The van der Waals surface area contributed by atoms with Crippen molar-refractivity contribution >= 4 is 17.0 Å². The molecule has 0 saturated heterocycles. The molecule has 0 atom stereocenters. The van der Waals surface area contributed by atoms with Crippen LogP contribution in [-0.2, 0) is 24.3 Å². The van der Waals surface area contributed by atoms with Crippen LogP contribution in [0.5, 0.6) is 5.75 Å². The first-order valence-corrected chi connectivity index (χ1v) is 12.9. The lowest BCUT2D eigenvalue weighted by atomic mass is 10.0. The van der Waals surface area contributed by atoms with Gasteiger partial charge in [-0.3, -0.25) is 0 Å². The van der Waals surface area contributed by atoms with E-state index in [4.69, 9.17) is 9.47 Å². The first kappa shape index (κ1) is 26.8. The number of hydrogen-bond acceptors (Lipinski definition) is 6. The SMILES string of the molecule is C=CCn1nnnc1Cc1ccc(-c2ccc(OCc3cc4ccc(F)cc4n3C(=O)OC(C)(C)C)cc2)cc1. The second-order valence-electron chi connectivity index (χ2n) is 10.4. The second kappa shape index (κ2) is 11.1. The van der Waals surface area contributed by atoms with Crippen molar-refractivity contribution in [3.63, 3.8) is 0 Å². The number of ether oxygens (including phenoxy) is 2. The van der Waals surface area contributed by atoms with Crippen LogP contribution in [0.2, 0.25) is 0 Å². The molecule has 5 rings (SSSR count). The highest BCUT2D eigenvalue weighted by Crippen LogP contribution is 2.26. The third-order valence-electron chi connectivity index (χ3n) is 6.22. The summed E-state index contributed by atoms with van der Waals surface area (Å²) in [4.78, 5) is 13.0. The molecule has 2 aromatic heterocycles. The molecule has 5 aromatic rings. The standard InChI is InChI=1S/C31H30FN5O3/c1-5-16-36-29(33-34-35-36)17-21-6-8-22(9-7-21)23-11-14-27(15-12-23)39-20-26-18-24-10-13-25(32)19-28(24)37(26)30(38)40-31(2,3)4/h5-15,18-19H,1,16-17,20H2,2-4H3. The van der Waals surface area contributed by atoms with Crippen LogP contribution in [0.25, 0.3) is 22.0 Å². The van der Waals surface area contributed by atoms with Gasteiger partial charge in [0.2, 0.25) is 0 Å². The molecule has 0 aliphatic rings. The fraction of sp³-hybridized carbons (Fsp3) is 0.226. The molecule has 0 aliphatic heterocycles. The van der Waals surface area contributed by atoms with Crippen LogP contribution in [0.1, 0.15) is 37.9 Å². The number of fused-ring (bicyclic) bond motifs is 1. The van der Waals surface area contributed by atoms with Crippen molar-refractivity contribution in [2.45, 2.75) is 45.9 Å². The van der Waals surface area contributed by atoms with Gasteiger partial charge in [-0.25, -0.2) is 18.4 Å². The molecule has 9 heteroatoms. The van der Waals surface area contributed by atoms with Crippen molar-refractivity contribution < 1.29 is 18.7 Å². The first-order valence-electron chi connectivity index (χ1n) is 12.9. The Morgan fingerprint density at radius 1 is 1.00 bits per heavy atom. The minimum Gasteiger partial charge on any atom is -0.487 e. The van der Waals surface area contributed by atoms with Crippen molar-refractivity contribution in [3.05, 3.63) is 108 Å². The average molecular weight is 540 g/mol. The van der Waals surface area contributed by atoms with Gasteiger partial charge in [0.1, 0.15) is 23.8 Å². The maximum absolute atomic E-state index is 14.0. The first-order chi connectivity index (χ1) is 19.2. The molecule has 0 bridgehead atoms. The number of allylic oxidation sites excluding steroid dienone is 1. The van der Waals surface area contributed by atoms with Crippen LogP contribution in [0, 0.1) is 5.82 Å². The highest BCUT2D eigenvalue weighted by molar-refractivity contribution is 5.91. The summed E-state index contributed by atoms with van der Waals surface area (Å²) < 4.78 is 28.7.